The van der Waals surface area contributed by atoms with E-state index in [1.54, 1.807) is 43.6 Å². The first-order valence-electron chi connectivity index (χ1n) is 5.76. The molecule has 0 saturated carbocycles. The zero-order chi connectivity index (χ0) is 13.8. The summed E-state index contributed by atoms with van der Waals surface area (Å²) in [6, 6.07) is 10.0. The maximum absolute atomic E-state index is 11.9. The highest BCUT2D eigenvalue weighted by molar-refractivity contribution is 6.33. The largest absolute Gasteiger partial charge is 0.348 e. The van der Waals surface area contributed by atoms with E-state index in [2.05, 4.69) is 5.32 Å². The number of hydrogen-bond donors (Lipinski definition) is 1. The Labute approximate surface area is 115 Å². The number of amides is 1. The highest BCUT2D eigenvalue weighted by Gasteiger charge is 2.08. The van der Waals surface area contributed by atoms with Crippen LogP contribution >= 0.6 is 11.6 Å². The van der Waals surface area contributed by atoms with E-state index in [1.165, 1.54) is 10.6 Å². The van der Waals surface area contributed by atoms with Crippen LogP contribution in [0.1, 0.15) is 15.9 Å². The molecule has 0 atom stereocenters. The number of carbonyl (C=O) groups excluding carboxylic acids is 1. The third-order valence-corrected chi connectivity index (χ3v) is 3.05. The van der Waals surface area contributed by atoms with Gasteiger partial charge in [0.15, 0.2) is 0 Å². The van der Waals surface area contributed by atoms with Crippen LogP contribution < -0.4 is 10.9 Å². The Morgan fingerprint density at radius 3 is 2.68 bits per heavy atom. The molecule has 0 aliphatic carbocycles. The van der Waals surface area contributed by atoms with Gasteiger partial charge >= 0.3 is 0 Å². The molecule has 1 N–H and O–H groups in total. The molecule has 1 aromatic heterocycles. The van der Waals surface area contributed by atoms with Crippen molar-refractivity contribution in [2.45, 2.75) is 6.54 Å². The third-order valence-electron chi connectivity index (χ3n) is 2.72. The molecular weight excluding hydrogens is 264 g/mol. The van der Waals surface area contributed by atoms with Crippen molar-refractivity contribution < 1.29 is 4.79 Å². The zero-order valence-electron chi connectivity index (χ0n) is 10.4. The molecule has 1 aromatic carbocycles. The van der Waals surface area contributed by atoms with Crippen molar-refractivity contribution in [2.75, 3.05) is 0 Å². The van der Waals surface area contributed by atoms with Gasteiger partial charge in [0, 0.05) is 25.9 Å². The second-order valence-corrected chi connectivity index (χ2v) is 4.56. The van der Waals surface area contributed by atoms with E-state index < -0.39 is 0 Å². The zero-order valence-corrected chi connectivity index (χ0v) is 11.1. The fraction of sp³-hybridized carbons (Fsp3) is 0.143. The summed E-state index contributed by atoms with van der Waals surface area (Å²) in [4.78, 5) is 23.2. The number of nitrogens with zero attached hydrogens (tertiary/aromatic N) is 1. The topological polar surface area (TPSA) is 51.1 Å². The molecule has 2 aromatic rings. The molecule has 0 spiro atoms. The summed E-state index contributed by atoms with van der Waals surface area (Å²) >= 11 is 5.94. The van der Waals surface area contributed by atoms with E-state index in [4.69, 9.17) is 11.6 Å². The molecule has 98 valence electrons. The van der Waals surface area contributed by atoms with Crippen molar-refractivity contribution in [1.29, 1.82) is 0 Å². The smallest absolute Gasteiger partial charge is 0.253 e. The van der Waals surface area contributed by atoms with Gasteiger partial charge in [-0.25, -0.2) is 0 Å². The highest BCUT2D eigenvalue weighted by Crippen LogP contribution is 2.14. The summed E-state index contributed by atoms with van der Waals surface area (Å²) in [7, 11) is 1.67. The molecule has 0 radical (unpaired) electrons. The number of aryl methyl sites for hydroxylation is 1. The quantitative estimate of drug-likeness (QED) is 0.932. The molecule has 0 bridgehead atoms. The molecule has 0 saturated heterocycles. The van der Waals surface area contributed by atoms with Crippen molar-refractivity contribution in [2.24, 2.45) is 7.05 Å². The van der Waals surface area contributed by atoms with Gasteiger partial charge in [-0.15, -0.1) is 0 Å². The maximum Gasteiger partial charge on any atom is 0.253 e. The Morgan fingerprint density at radius 1 is 1.26 bits per heavy atom. The van der Waals surface area contributed by atoms with E-state index in [0.29, 0.717) is 17.1 Å². The fourth-order valence-corrected chi connectivity index (χ4v) is 1.90. The molecule has 2 rings (SSSR count). The molecule has 5 heteroatoms. The average molecular weight is 277 g/mol. The predicted octanol–water partition coefficient (Wildman–Crippen LogP) is 1.97. The van der Waals surface area contributed by atoms with Gasteiger partial charge in [-0.05, 0) is 17.7 Å². The number of aromatic nitrogens is 1. The molecule has 1 heterocycles. The normalized spacial score (nSPS) is 10.2. The van der Waals surface area contributed by atoms with E-state index in [-0.39, 0.29) is 11.5 Å². The van der Waals surface area contributed by atoms with Crippen LogP contribution in [0.25, 0.3) is 0 Å². The van der Waals surface area contributed by atoms with Crippen molar-refractivity contribution in [3.8, 4) is 0 Å². The molecule has 0 unspecified atom stereocenters. The number of hydrogen-bond acceptors (Lipinski definition) is 2. The summed E-state index contributed by atoms with van der Waals surface area (Å²) in [6.07, 6.45) is 1.69. The van der Waals surface area contributed by atoms with Gasteiger partial charge in [-0.1, -0.05) is 29.8 Å². The molecule has 0 aliphatic heterocycles. The number of carbonyl (C=O) groups is 1. The van der Waals surface area contributed by atoms with Gasteiger partial charge in [0.05, 0.1) is 10.6 Å². The Kier molecular flexibility index (Phi) is 4.02. The number of pyridine rings is 1. The number of nitrogens with one attached hydrogen (secondary N) is 1. The molecular formula is C14H13ClN2O2. The highest BCUT2D eigenvalue weighted by atomic mass is 35.5. The minimum absolute atomic E-state index is 0.0822. The van der Waals surface area contributed by atoms with E-state index in [0.717, 1.165) is 5.56 Å². The van der Waals surface area contributed by atoms with Gasteiger partial charge in [0.1, 0.15) is 0 Å². The van der Waals surface area contributed by atoms with E-state index in [1.807, 2.05) is 0 Å². The van der Waals surface area contributed by atoms with Crippen LogP contribution in [0, 0.1) is 0 Å². The Hall–Kier alpha value is -2.07. The molecule has 19 heavy (non-hydrogen) atoms. The molecule has 0 aliphatic rings. The van der Waals surface area contributed by atoms with Crippen molar-refractivity contribution in [1.82, 2.24) is 9.88 Å². The van der Waals surface area contributed by atoms with Crippen LogP contribution in [0.2, 0.25) is 5.02 Å². The second kappa shape index (κ2) is 5.71. The van der Waals surface area contributed by atoms with E-state index in [9.17, 15) is 9.59 Å². The monoisotopic (exact) mass is 276 g/mol. The first-order chi connectivity index (χ1) is 9.08. The SMILES string of the molecule is Cn1cc(CNC(=O)c2ccccc2Cl)ccc1=O. The Balaban J connectivity index is 2.06. The van der Waals surface area contributed by atoms with Gasteiger partial charge in [0.25, 0.3) is 5.91 Å². The minimum Gasteiger partial charge on any atom is -0.348 e. The summed E-state index contributed by atoms with van der Waals surface area (Å²) in [5.41, 5.74) is 1.21. The van der Waals surface area contributed by atoms with Crippen molar-refractivity contribution in [3.05, 3.63) is 69.1 Å². The lowest BCUT2D eigenvalue weighted by atomic mass is 10.2. The standard InChI is InChI=1S/C14H13ClN2O2/c1-17-9-10(6-7-13(17)18)8-16-14(19)11-4-2-3-5-12(11)15/h2-7,9H,8H2,1H3,(H,16,19). The third kappa shape index (κ3) is 3.23. The van der Waals surface area contributed by atoms with Crippen LogP contribution in [0.4, 0.5) is 0 Å². The summed E-state index contributed by atoms with van der Waals surface area (Å²) in [5.74, 6) is -0.237. The van der Waals surface area contributed by atoms with Crippen LogP contribution in [0.5, 0.6) is 0 Å². The van der Waals surface area contributed by atoms with Crippen molar-refractivity contribution >= 4 is 17.5 Å². The van der Waals surface area contributed by atoms with Gasteiger partial charge in [0.2, 0.25) is 5.56 Å². The number of halogens is 1. The van der Waals surface area contributed by atoms with Crippen molar-refractivity contribution in [3.63, 3.8) is 0 Å². The number of rotatable bonds is 3. The lowest BCUT2D eigenvalue weighted by Gasteiger charge is -2.07. The van der Waals surface area contributed by atoms with E-state index >= 15 is 0 Å². The summed E-state index contributed by atoms with van der Waals surface area (Å²) < 4.78 is 1.47. The molecule has 1 amide bonds. The van der Waals surface area contributed by atoms with Gasteiger partial charge in [-0.3, -0.25) is 9.59 Å². The first kappa shape index (κ1) is 13.4. The van der Waals surface area contributed by atoms with Crippen LogP contribution in [0.15, 0.2) is 47.4 Å². The Bertz CT molecular complexity index is 664. The van der Waals surface area contributed by atoms with Gasteiger partial charge in [-0.2, -0.15) is 0 Å². The lowest BCUT2D eigenvalue weighted by Crippen LogP contribution is -2.24. The Morgan fingerprint density at radius 2 is 2.00 bits per heavy atom. The first-order valence-corrected chi connectivity index (χ1v) is 6.14. The summed E-state index contributed by atoms with van der Waals surface area (Å²) in [5, 5.41) is 3.18. The molecule has 0 fully saturated rings. The fourth-order valence-electron chi connectivity index (χ4n) is 1.68. The predicted molar refractivity (Wildman–Crippen MR) is 74.3 cm³/mol. The lowest BCUT2D eigenvalue weighted by molar-refractivity contribution is 0.0951. The number of benzene rings is 1. The molecule has 4 nitrogen and oxygen atoms in total. The maximum atomic E-state index is 11.9. The summed E-state index contributed by atoms with van der Waals surface area (Å²) in [6.45, 7) is 0.345. The van der Waals surface area contributed by atoms with Crippen LogP contribution in [-0.4, -0.2) is 10.5 Å². The minimum atomic E-state index is -0.237. The van der Waals surface area contributed by atoms with Crippen LogP contribution in [-0.2, 0) is 13.6 Å². The average Bonchev–Trinajstić information content (AvgIpc) is 2.40. The van der Waals surface area contributed by atoms with Crippen LogP contribution in [0.3, 0.4) is 0 Å². The van der Waals surface area contributed by atoms with Gasteiger partial charge < -0.3 is 9.88 Å². The second-order valence-electron chi connectivity index (χ2n) is 4.15.